The number of hydrogen-bond donors (Lipinski definition) is 7. The third-order valence-corrected chi connectivity index (χ3v) is 15.9. The molecule has 0 radical (unpaired) electrons. The number of carbonyl (C=O) groups excluding carboxylic acids is 10. The van der Waals surface area contributed by atoms with Crippen LogP contribution < -0.4 is 37.5 Å². The molecule has 0 saturated heterocycles. The van der Waals surface area contributed by atoms with Gasteiger partial charge >= 0.3 is 12.1 Å². The smallest absolute Gasteiger partial charge is 0.409 e. The van der Waals surface area contributed by atoms with Crippen molar-refractivity contribution in [1.29, 1.82) is 0 Å². The van der Waals surface area contributed by atoms with Gasteiger partial charge in [0.25, 0.3) is 17.4 Å². The standard InChI is InChI=1S/C62H67FN10O15/c1-4-62(85)42-26-47-57-40(31-73(47)59(82)41(42)33-87-60(62)83)56-44(19-18-39-35(2)43(63)27-45(70-57)55(39)56)68-52(78)34-86-24-23-71(3)61(84)88-32-37-14-16-38(17-15-37)67-50(76)30-66-58(81)46(25-36-11-7-5-8-12-36)69-51(77)29-65-49(75)28-64-48(74)13-9-6-10-22-72-53(79)20-21-54(72)80/h5,7-8,11-12,14-17,20-21,26-27,44,46,85H,4,6,9-10,13,18-19,22-25,28-34H2,1-3H3,(H,64,74)(H,65,75)(H,66,81)(H,67,76)(H,68,78)(H,69,77)/t44-,46-,62-/m0/s1. The molecular weight excluding hydrogens is 1140 g/mol. The van der Waals surface area contributed by atoms with Gasteiger partial charge < -0.3 is 60.7 Å². The lowest BCUT2D eigenvalue weighted by Gasteiger charge is -2.31. The third kappa shape index (κ3) is 14.4. The minimum absolute atomic E-state index is 0.0276. The van der Waals surface area contributed by atoms with Crippen LogP contribution in [0.3, 0.4) is 0 Å². The number of fused-ring (bicyclic) bond motifs is 5. The summed E-state index contributed by atoms with van der Waals surface area (Å²) in [4.78, 5) is 148. The number of halogens is 1. The number of benzene rings is 3. The molecular formula is C62H67FN10O15. The van der Waals surface area contributed by atoms with Crippen LogP contribution in [0.4, 0.5) is 14.9 Å². The second-order valence-electron chi connectivity index (χ2n) is 21.8. The number of aryl methyl sites for hydroxylation is 1. The van der Waals surface area contributed by atoms with Gasteiger partial charge in [-0.15, -0.1) is 0 Å². The Balaban J connectivity index is 0.687. The van der Waals surface area contributed by atoms with Crippen molar-refractivity contribution in [2.75, 3.05) is 58.3 Å². The van der Waals surface area contributed by atoms with Crippen molar-refractivity contribution in [1.82, 2.24) is 45.9 Å². The van der Waals surface area contributed by atoms with Gasteiger partial charge in [0.1, 0.15) is 31.7 Å². The van der Waals surface area contributed by atoms with Crippen LogP contribution in [-0.2, 0) is 95.6 Å². The number of aliphatic hydroxyl groups is 1. The summed E-state index contributed by atoms with van der Waals surface area (Å²) in [7, 11) is 1.50. The fourth-order valence-corrected chi connectivity index (χ4v) is 11.0. The van der Waals surface area contributed by atoms with Crippen molar-refractivity contribution in [3.05, 3.63) is 140 Å². The third-order valence-electron chi connectivity index (χ3n) is 15.9. The molecule has 0 fully saturated rings. The number of amides is 9. The molecule has 3 aromatic carbocycles. The van der Waals surface area contributed by atoms with Crippen LogP contribution in [-0.4, -0.2) is 143 Å². The minimum atomic E-state index is -2.04. The fraction of sp³-hybridized carbons (Fsp3) is 0.387. The van der Waals surface area contributed by atoms with Gasteiger partial charge in [-0.2, -0.15) is 0 Å². The predicted molar refractivity (Wildman–Crippen MR) is 313 cm³/mol. The Hall–Kier alpha value is -9.69. The Morgan fingerprint density at radius 3 is 2.30 bits per heavy atom. The van der Waals surface area contributed by atoms with E-state index in [4.69, 9.17) is 19.2 Å². The Bertz CT molecular complexity index is 3690. The molecule has 9 amide bonds. The highest BCUT2D eigenvalue weighted by Crippen LogP contribution is 2.46. The molecule has 3 aliphatic heterocycles. The van der Waals surface area contributed by atoms with Crippen molar-refractivity contribution in [2.24, 2.45) is 0 Å². The normalized spacial score (nSPS) is 16.4. The summed E-state index contributed by atoms with van der Waals surface area (Å²) in [6.45, 7) is 1.51. The predicted octanol–water partition coefficient (Wildman–Crippen LogP) is 2.42. The van der Waals surface area contributed by atoms with E-state index in [9.17, 15) is 57.8 Å². The van der Waals surface area contributed by atoms with Gasteiger partial charge in [-0.1, -0.05) is 55.8 Å². The number of aromatic nitrogens is 2. The highest BCUT2D eigenvalue weighted by Gasteiger charge is 2.46. The lowest BCUT2D eigenvalue weighted by atomic mass is 9.81. The van der Waals surface area contributed by atoms with E-state index in [2.05, 4.69) is 31.9 Å². The number of imide groups is 1. The maximum Gasteiger partial charge on any atom is 0.409 e. The van der Waals surface area contributed by atoms with Gasteiger partial charge in [-0.05, 0) is 85.0 Å². The lowest BCUT2D eigenvalue weighted by Crippen LogP contribution is -2.52. The van der Waals surface area contributed by atoms with Gasteiger partial charge in [0, 0.05) is 73.4 Å². The summed E-state index contributed by atoms with van der Waals surface area (Å²) in [6.07, 6.45) is 4.27. The van der Waals surface area contributed by atoms with Crippen LogP contribution in [0.1, 0.15) is 96.0 Å². The van der Waals surface area contributed by atoms with E-state index in [0.29, 0.717) is 87.9 Å². The van der Waals surface area contributed by atoms with Gasteiger partial charge in [0.15, 0.2) is 5.60 Å². The van der Waals surface area contributed by atoms with Gasteiger partial charge in [0.05, 0.1) is 61.3 Å². The van der Waals surface area contributed by atoms with Gasteiger partial charge in [0.2, 0.25) is 35.4 Å². The average molecular weight is 1210 g/mol. The van der Waals surface area contributed by atoms with Crippen LogP contribution in [0.25, 0.3) is 22.3 Å². The van der Waals surface area contributed by atoms with Crippen molar-refractivity contribution in [2.45, 2.75) is 103 Å². The quantitative estimate of drug-likeness (QED) is 0.0233. The Morgan fingerprint density at radius 2 is 1.56 bits per heavy atom. The van der Waals surface area contributed by atoms with E-state index < -0.39 is 96.2 Å². The number of ether oxygens (including phenoxy) is 3. The first-order valence-corrected chi connectivity index (χ1v) is 28.9. The van der Waals surface area contributed by atoms with Crippen LogP contribution in [0.15, 0.2) is 83.7 Å². The summed E-state index contributed by atoms with van der Waals surface area (Å²) in [6, 6.07) is 16.4. The monoisotopic (exact) mass is 1210 g/mol. The number of pyridine rings is 2. The largest absolute Gasteiger partial charge is 0.458 e. The number of carbonyl (C=O) groups is 10. The molecule has 1 aliphatic carbocycles. The summed E-state index contributed by atoms with van der Waals surface area (Å²) in [5, 5.41) is 27.8. The molecule has 25 nitrogen and oxygen atoms in total. The Morgan fingerprint density at radius 1 is 0.841 bits per heavy atom. The SMILES string of the molecule is CC[C@@]1(O)C(=O)OCc2c1cc1n(c2=O)Cc2c-1nc1cc(F)c(C)c3c1c2[C@@H](NC(=O)COCCN(C)C(=O)OCc1ccc(NC(=O)CNC(=O)[C@H](Cc2ccccc2)NC(=O)CNC(=O)CNC(=O)CCCCCN2C(=O)C=CC2=O)cc1)CC3. The molecule has 9 rings (SSSR count). The van der Waals surface area contributed by atoms with Crippen molar-refractivity contribution >= 4 is 75.9 Å². The first-order chi connectivity index (χ1) is 42.2. The molecule has 0 spiro atoms. The number of cyclic esters (lactones) is 1. The van der Waals surface area contributed by atoms with E-state index in [1.807, 2.05) is 0 Å². The molecule has 2 aromatic heterocycles. The molecule has 88 heavy (non-hydrogen) atoms. The van der Waals surface area contributed by atoms with E-state index in [1.54, 1.807) is 74.5 Å². The highest BCUT2D eigenvalue weighted by molar-refractivity contribution is 6.12. The van der Waals surface area contributed by atoms with E-state index in [-0.39, 0.29) is 88.3 Å². The average Bonchev–Trinajstić information content (AvgIpc) is 1.45. The molecule has 0 saturated carbocycles. The molecule has 462 valence electrons. The summed E-state index contributed by atoms with van der Waals surface area (Å²) in [5.41, 5.74) is 3.07. The van der Waals surface area contributed by atoms with Gasteiger partial charge in [-0.25, -0.2) is 19.0 Å². The fourth-order valence-electron chi connectivity index (χ4n) is 11.0. The number of likely N-dealkylation sites (N-methyl/N-ethyl adjacent to an activating group) is 1. The van der Waals surface area contributed by atoms with Crippen LogP contribution in [0.2, 0.25) is 0 Å². The number of hydrogen-bond acceptors (Lipinski definition) is 16. The Labute approximate surface area is 503 Å². The summed E-state index contributed by atoms with van der Waals surface area (Å²) >= 11 is 0. The van der Waals surface area contributed by atoms with Crippen LogP contribution >= 0.6 is 0 Å². The second-order valence-corrected chi connectivity index (χ2v) is 21.8. The molecule has 0 unspecified atom stereocenters. The molecule has 5 heterocycles. The Kier molecular flexibility index (Phi) is 19.8. The number of anilines is 1. The van der Waals surface area contributed by atoms with E-state index in [1.165, 1.54) is 34.7 Å². The molecule has 3 atom stereocenters. The maximum absolute atomic E-state index is 15.4. The number of unbranched alkanes of at least 4 members (excludes halogenated alkanes) is 2. The zero-order valence-corrected chi connectivity index (χ0v) is 48.7. The molecule has 26 heteroatoms. The zero-order valence-electron chi connectivity index (χ0n) is 48.7. The summed E-state index contributed by atoms with van der Waals surface area (Å²) in [5.74, 6) is -5.50. The van der Waals surface area contributed by atoms with E-state index in [0.717, 1.165) is 10.5 Å². The zero-order chi connectivity index (χ0) is 62.8. The molecule has 0 bridgehead atoms. The number of nitrogens with zero attached hydrogens (tertiary/aromatic N) is 4. The van der Waals surface area contributed by atoms with E-state index >= 15 is 4.39 Å². The number of rotatable bonds is 26. The van der Waals surface area contributed by atoms with Crippen LogP contribution in [0.5, 0.6) is 0 Å². The second kappa shape index (κ2) is 27.8. The molecule has 7 N–H and O–H groups in total. The lowest BCUT2D eigenvalue weighted by molar-refractivity contribution is -0.172. The maximum atomic E-state index is 15.4. The first-order valence-electron chi connectivity index (χ1n) is 28.9. The molecule has 5 aromatic rings. The number of nitrogens with one attached hydrogen (secondary N) is 6. The minimum Gasteiger partial charge on any atom is -0.458 e. The van der Waals surface area contributed by atoms with Crippen molar-refractivity contribution in [3.63, 3.8) is 0 Å². The van der Waals surface area contributed by atoms with Crippen LogP contribution in [0, 0.1) is 12.7 Å². The van der Waals surface area contributed by atoms with Gasteiger partial charge in [-0.3, -0.25) is 48.1 Å². The van der Waals surface area contributed by atoms with Crippen molar-refractivity contribution < 1.29 is 71.7 Å². The molecule has 4 aliphatic rings. The summed E-state index contributed by atoms with van der Waals surface area (Å²) < 4.78 is 33.3. The first kappa shape index (κ1) is 62.8. The van der Waals surface area contributed by atoms with Crippen molar-refractivity contribution in [3.8, 4) is 11.4 Å². The topological polar surface area (TPSA) is 332 Å². The number of esters is 1. The highest BCUT2D eigenvalue weighted by atomic mass is 19.1.